The van der Waals surface area contributed by atoms with E-state index in [0.717, 1.165) is 20.9 Å². The van der Waals surface area contributed by atoms with E-state index in [-0.39, 0.29) is 11.8 Å². The Kier molecular flexibility index (Phi) is 8.21. The van der Waals surface area contributed by atoms with Crippen LogP contribution in [0.5, 0.6) is 0 Å². The van der Waals surface area contributed by atoms with E-state index in [4.69, 9.17) is 5.73 Å². The molecule has 40 heavy (non-hydrogen) atoms. The van der Waals surface area contributed by atoms with E-state index < -0.39 is 12.7 Å². The Balaban J connectivity index is 1.50. The molecule has 1 amide bonds. The van der Waals surface area contributed by atoms with Gasteiger partial charge in [-0.05, 0) is 66.1 Å². The largest absolute Gasteiger partial charge is 0.399 e. The zero-order chi connectivity index (χ0) is 28.1. The number of nitrogens with one attached hydrogen (secondary N) is 2. The molecule has 0 aliphatic carbocycles. The number of fused-ring (bicyclic) bond motifs is 1. The number of hydrogen-bond donors (Lipinski definition) is 3. The van der Waals surface area contributed by atoms with Crippen LogP contribution in [0, 0.1) is 0 Å². The van der Waals surface area contributed by atoms with E-state index in [1.165, 1.54) is 18.1 Å². The first kappa shape index (κ1) is 27.1. The highest BCUT2D eigenvalue weighted by Gasteiger charge is 2.18. The molecule has 0 aliphatic rings. The number of nitrogen functional groups attached to an aromatic ring is 1. The van der Waals surface area contributed by atoms with Crippen molar-refractivity contribution < 1.29 is 9.18 Å². The fraction of sp³-hybridized carbons (Fsp3) is 0.161. The van der Waals surface area contributed by atoms with Gasteiger partial charge in [-0.25, -0.2) is 19.3 Å². The highest BCUT2D eigenvalue weighted by atomic mass is 32.2. The third kappa shape index (κ3) is 6.21. The van der Waals surface area contributed by atoms with Gasteiger partial charge >= 0.3 is 0 Å². The van der Waals surface area contributed by atoms with Crippen LogP contribution in [0.4, 0.5) is 21.6 Å². The lowest BCUT2D eigenvalue weighted by atomic mass is 10.1. The Morgan fingerprint density at radius 2 is 1.75 bits per heavy atom. The molecule has 0 fully saturated rings. The number of amides is 1. The van der Waals surface area contributed by atoms with E-state index in [0.29, 0.717) is 34.0 Å². The van der Waals surface area contributed by atoms with Gasteiger partial charge in [0.1, 0.15) is 18.8 Å². The molecule has 0 spiro atoms. The van der Waals surface area contributed by atoms with Crippen molar-refractivity contribution in [2.75, 3.05) is 17.7 Å². The van der Waals surface area contributed by atoms with E-state index in [1.807, 2.05) is 60.7 Å². The number of aromatic nitrogens is 3. The molecule has 3 aromatic carbocycles. The van der Waals surface area contributed by atoms with Crippen LogP contribution in [0.25, 0.3) is 11.0 Å². The Morgan fingerprint density at radius 1 is 0.975 bits per heavy atom. The topological polar surface area (TPSA) is 106 Å². The number of halogens is 1. The number of rotatable bonds is 9. The second-order valence-corrected chi connectivity index (χ2v) is 10.7. The molecule has 0 aliphatic heterocycles. The minimum absolute atomic E-state index is 0.262. The number of nitrogens with two attached hydrogens (primary N) is 1. The van der Waals surface area contributed by atoms with Crippen LogP contribution in [0.3, 0.4) is 0 Å². The molecule has 202 valence electrons. The molecule has 1 atom stereocenters. The van der Waals surface area contributed by atoms with Gasteiger partial charge < -0.3 is 16.4 Å². The van der Waals surface area contributed by atoms with Crippen molar-refractivity contribution in [1.82, 2.24) is 20.3 Å². The van der Waals surface area contributed by atoms with Gasteiger partial charge in [0, 0.05) is 26.7 Å². The predicted octanol–water partition coefficient (Wildman–Crippen LogP) is 7.07. The van der Waals surface area contributed by atoms with Crippen LogP contribution < -0.4 is 16.4 Å². The zero-order valence-electron chi connectivity index (χ0n) is 22.1. The van der Waals surface area contributed by atoms with E-state index in [9.17, 15) is 9.18 Å². The third-order valence-corrected chi connectivity index (χ3v) is 7.46. The lowest BCUT2D eigenvalue weighted by Crippen LogP contribution is -2.29. The summed E-state index contributed by atoms with van der Waals surface area (Å²) in [5.41, 5.74) is 9.82. The fourth-order valence-electron chi connectivity index (χ4n) is 4.16. The number of carbonyl (C=O) groups is 1. The van der Waals surface area contributed by atoms with Gasteiger partial charge in [-0.15, -0.1) is 0 Å². The van der Waals surface area contributed by atoms with E-state index in [1.54, 1.807) is 24.3 Å². The van der Waals surface area contributed by atoms with Gasteiger partial charge in [-0.2, -0.15) is 0 Å². The first-order valence-electron chi connectivity index (χ1n) is 12.9. The summed E-state index contributed by atoms with van der Waals surface area (Å²) in [6.07, 6.45) is 1.47. The summed E-state index contributed by atoms with van der Waals surface area (Å²) in [6.45, 7) is 3.44. The molecular weight excluding hydrogens is 523 g/mol. The quantitative estimate of drug-likeness (QED) is 0.168. The zero-order valence-corrected chi connectivity index (χ0v) is 23.0. The monoisotopic (exact) mass is 552 g/mol. The van der Waals surface area contributed by atoms with Gasteiger partial charge in [0.2, 0.25) is 0 Å². The minimum atomic E-state index is -0.749. The van der Waals surface area contributed by atoms with Crippen molar-refractivity contribution in [3.05, 3.63) is 108 Å². The van der Waals surface area contributed by atoms with Crippen molar-refractivity contribution in [2.45, 2.75) is 35.6 Å². The average molecular weight is 553 g/mol. The summed E-state index contributed by atoms with van der Waals surface area (Å²) >= 11 is 1.52. The van der Waals surface area contributed by atoms with Crippen molar-refractivity contribution in [1.29, 1.82) is 0 Å². The van der Waals surface area contributed by atoms with Crippen LogP contribution >= 0.6 is 11.8 Å². The Bertz CT molecular complexity index is 1630. The first-order chi connectivity index (χ1) is 19.4. The molecule has 0 saturated heterocycles. The summed E-state index contributed by atoms with van der Waals surface area (Å²) in [7, 11) is 0. The molecule has 5 rings (SSSR count). The van der Waals surface area contributed by atoms with Gasteiger partial charge in [0.25, 0.3) is 5.91 Å². The molecule has 7 nitrogen and oxygen atoms in total. The highest BCUT2D eigenvalue weighted by Crippen LogP contribution is 2.37. The number of pyridine rings is 1. The minimum Gasteiger partial charge on any atom is -0.399 e. The molecule has 4 N–H and O–H groups in total. The Morgan fingerprint density at radius 3 is 2.48 bits per heavy atom. The smallest absolute Gasteiger partial charge is 0.251 e. The average Bonchev–Trinajstić information content (AvgIpc) is 2.98. The summed E-state index contributed by atoms with van der Waals surface area (Å²) < 4.78 is 13.9. The maximum Gasteiger partial charge on any atom is 0.251 e. The van der Waals surface area contributed by atoms with E-state index >= 15 is 0 Å². The number of benzene rings is 3. The second-order valence-electron chi connectivity index (χ2n) is 9.58. The SMILES string of the molecule is CC(C)c1ccc2c(Nc3cc(C(=O)N[C@@H](CF)c4ccccc4)ccc3Sc3ccc(N)cc3)ncnc2n1. The summed E-state index contributed by atoms with van der Waals surface area (Å²) in [4.78, 5) is 28.6. The van der Waals surface area contributed by atoms with Crippen LogP contribution in [-0.4, -0.2) is 27.5 Å². The first-order valence-corrected chi connectivity index (χ1v) is 13.7. The molecule has 9 heteroatoms. The molecule has 5 aromatic rings. The molecular formula is C31H29FN6OS. The normalized spacial score (nSPS) is 11.9. The van der Waals surface area contributed by atoms with E-state index in [2.05, 4.69) is 39.4 Å². The summed E-state index contributed by atoms with van der Waals surface area (Å²) in [5.74, 6) is 0.447. The number of alkyl halides is 1. The summed E-state index contributed by atoms with van der Waals surface area (Å²) in [5, 5.41) is 6.97. The van der Waals surface area contributed by atoms with Crippen molar-refractivity contribution >= 4 is 45.9 Å². The van der Waals surface area contributed by atoms with Crippen molar-refractivity contribution in [3.8, 4) is 0 Å². The molecule has 0 unspecified atom stereocenters. The number of nitrogens with zero attached hydrogens (tertiary/aromatic N) is 3. The number of anilines is 3. The standard InChI is InChI=1S/C31H29FN6OS/c1-19(2)25-14-13-24-29(36-25)34-18-35-30(24)37-26-16-21(8-15-28(26)40-23-11-9-22(33)10-12-23)31(39)38-27(17-32)20-6-4-3-5-7-20/h3-16,18-19,27H,17,33H2,1-2H3,(H,38,39)(H,34,35,36,37)/t27-/m0/s1. The maximum atomic E-state index is 13.9. The fourth-order valence-corrected chi connectivity index (χ4v) is 5.05. The number of carbonyl (C=O) groups excluding carboxylic acids is 1. The predicted molar refractivity (Wildman–Crippen MR) is 159 cm³/mol. The van der Waals surface area contributed by atoms with Crippen molar-refractivity contribution in [3.63, 3.8) is 0 Å². The van der Waals surface area contributed by atoms with Crippen LogP contribution in [-0.2, 0) is 0 Å². The summed E-state index contributed by atoms with van der Waals surface area (Å²) in [6, 6.07) is 25.2. The number of hydrogen-bond acceptors (Lipinski definition) is 7. The lowest BCUT2D eigenvalue weighted by Gasteiger charge is -2.18. The van der Waals surface area contributed by atoms with Crippen LogP contribution in [0.1, 0.15) is 47.4 Å². The van der Waals surface area contributed by atoms with Crippen LogP contribution in [0.2, 0.25) is 0 Å². The van der Waals surface area contributed by atoms with Gasteiger partial charge in [0.05, 0.1) is 17.1 Å². The highest BCUT2D eigenvalue weighted by molar-refractivity contribution is 7.99. The van der Waals surface area contributed by atoms with Gasteiger partial charge in [-0.1, -0.05) is 55.9 Å². The Hall–Kier alpha value is -4.50. The van der Waals surface area contributed by atoms with Crippen molar-refractivity contribution in [2.24, 2.45) is 0 Å². The molecule has 2 aromatic heterocycles. The van der Waals surface area contributed by atoms with Gasteiger partial charge in [0.15, 0.2) is 5.65 Å². The van der Waals surface area contributed by atoms with Gasteiger partial charge in [-0.3, -0.25) is 4.79 Å². The maximum absolute atomic E-state index is 13.9. The molecule has 0 radical (unpaired) electrons. The Labute approximate surface area is 236 Å². The second kappa shape index (κ2) is 12.1. The van der Waals surface area contributed by atoms with Crippen LogP contribution in [0.15, 0.2) is 101 Å². The molecule has 0 saturated carbocycles. The lowest BCUT2D eigenvalue weighted by molar-refractivity contribution is 0.0929. The molecule has 0 bridgehead atoms. The third-order valence-electron chi connectivity index (χ3n) is 6.37. The molecule has 2 heterocycles.